The van der Waals surface area contributed by atoms with E-state index in [1.54, 1.807) is 45.2 Å². The zero-order valence-electron chi connectivity index (χ0n) is 27.8. The molecule has 0 aliphatic rings. The first-order chi connectivity index (χ1) is 26.6. The molecule has 0 aliphatic carbocycles. The third-order valence-electron chi connectivity index (χ3n) is 6.95. The van der Waals surface area contributed by atoms with Crippen LogP contribution in [-0.4, -0.2) is 63.4 Å². The fourth-order valence-electron chi connectivity index (χ4n) is 4.51. The number of alkyl halides is 10. The van der Waals surface area contributed by atoms with Crippen LogP contribution in [0.15, 0.2) is 73.3 Å². The van der Waals surface area contributed by atoms with Gasteiger partial charge in [0, 0.05) is 31.2 Å². The molecule has 306 valence electrons. The lowest BCUT2D eigenvalue weighted by atomic mass is 10.1. The first kappa shape index (κ1) is 46.0. The van der Waals surface area contributed by atoms with Gasteiger partial charge in [-0.1, -0.05) is 0 Å². The number of hydrogen-bond acceptors (Lipinski definition) is 6. The molecule has 57 heavy (non-hydrogen) atoms. The maximum absolute atomic E-state index is 13.4. The van der Waals surface area contributed by atoms with Crippen LogP contribution in [0.4, 0.5) is 52.7 Å². The highest BCUT2D eigenvalue weighted by atomic mass is 127. The number of aliphatic hydroxyl groups is 1. The van der Waals surface area contributed by atoms with E-state index in [1.165, 1.54) is 36.7 Å². The zero-order chi connectivity index (χ0) is 42.4. The normalized spacial score (nSPS) is 12.3. The van der Waals surface area contributed by atoms with Crippen molar-refractivity contribution in [3.05, 3.63) is 124 Å². The number of carbonyl (C=O) groups excluding carboxylic acids is 1. The smallest absolute Gasteiger partial charge is 0.382 e. The van der Waals surface area contributed by atoms with E-state index in [2.05, 4.69) is 20.4 Å². The molecule has 0 aliphatic heterocycles. The van der Waals surface area contributed by atoms with E-state index in [0.717, 1.165) is 49.3 Å². The van der Waals surface area contributed by atoms with Crippen molar-refractivity contribution < 1.29 is 62.6 Å². The SMILES string of the molecule is Fc1ccc(-n2nc(C(F)(F)F)cc2I)c(I)c1.O=Cc1cnn(CC(F)F)c1.OC(c1cnn(CC(F)F)c1)c1cc(C(F)(F)F)nn1-c1ccc(F)cc1I. The Morgan fingerprint density at radius 3 is 1.61 bits per heavy atom. The van der Waals surface area contributed by atoms with Gasteiger partial charge in [-0.2, -0.15) is 46.7 Å². The van der Waals surface area contributed by atoms with Crippen molar-refractivity contribution in [1.29, 1.82) is 0 Å². The minimum absolute atomic E-state index is 0.00708. The number of aromatic nitrogens is 8. The van der Waals surface area contributed by atoms with Crippen molar-refractivity contribution in [2.75, 3.05) is 0 Å². The predicted octanol–water partition coefficient (Wildman–Crippen LogP) is 9.38. The molecule has 0 fully saturated rings. The molecule has 0 saturated heterocycles. The first-order valence-electron chi connectivity index (χ1n) is 15.2. The quantitative estimate of drug-likeness (QED) is 0.0879. The summed E-state index contributed by atoms with van der Waals surface area (Å²) in [6.45, 7) is -1.19. The molecular formula is C32H21F12I3N8O2. The van der Waals surface area contributed by atoms with Crippen LogP contribution in [0.2, 0.25) is 0 Å². The minimum atomic E-state index is -4.79. The highest BCUT2D eigenvalue weighted by molar-refractivity contribution is 14.1. The van der Waals surface area contributed by atoms with Gasteiger partial charge in [-0.3, -0.25) is 14.2 Å². The van der Waals surface area contributed by atoms with Crippen LogP contribution in [0.3, 0.4) is 0 Å². The van der Waals surface area contributed by atoms with Crippen molar-refractivity contribution in [3.8, 4) is 11.4 Å². The van der Waals surface area contributed by atoms with Crippen LogP contribution in [0.25, 0.3) is 11.4 Å². The fourth-order valence-corrected chi connectivity index (χ4v) is 6.58. The Hall–Kier alpha value is -3.74. The number of halogens is 15. The third kappa shape index (κ3) is 12.6. The van der Waals surface area contributed by atoms with Gasteiger partial charge < -0.3 is 5.11 Å². The second-order valence-electron chi connectivity index (χ2n) is 11.1. The molecule has 6 rings (SSSR count). The molecule has 1 unspecified atom stereocenters. The standard InChI is InChI=1S/C16H11F6IN4O.C10H4F4I2N2.C6H6F2N2O/c17-9-1-2-11(10(23)3-9)27-12(4-13(25-27)16(20,21)22)15(28)8-5-24-26(6-8)7-14(18)19;11-5-1-2-7(6(15)3-5)18-9(16)4-8(17-18)10(12,13)14;7-6(8)3-10-2-5(4-11)1-9-10/h1-6,14-15,28H,7H2;1-4H;1-2,4,6H,3H2. The molecule has 1 atom stereocenters. The average molecular weight is 1160 g/mol. The van der Waals surface area contributed by atoms with Gasteiger partial charge in [-0.15, -0.1) is 0 Å². The van der Waals surface area contributed by atoms with Crippen LogP contribution < -0.4 is 0 Å². The van der Waals surface area contributed by atoms with Crippen molar-refractivity contribution in [1.82, 2.24) is 39.1 Å². The monoisotopic (exact) mass is 1160 g/mol. The lowest BCUT2D eigenvalue weighted by Gasteiger charge is -2.13. The van der Waals surface area contributed by atoms with E-state index >= 15 is 0 Å². The molecule has 1 N–H and O–H groups in total. The topological polar surface area (TPSA) is 109 Å². The fraction of sp³-hybridized carbons (Fsp3) is 0.219. The molecule has 10 nitrogen and oxygen atoms in total. The van der Waals surface area contributed by atoms with Gasteiger partial charge in [0.05, 0.1) is 35.0 Å². The van der Waals surface area contributed by atoms with Gasteiger partial charge in [0.2, 0.25) is 0 Å². The van der Waals surface area contributed by atoms with Gasteiger partial charge >= 0.3 is 12.4 Å². The van der Waals surface area contributed by atoms with Gasteiger partial charge in [-0.05, 0) is 110 Å². The molecule has 0 radical (unpaired) electrons. The summed E-state index contributed by atoms with van der Waals surface area (Å²) in [4.78, 5) is 10.1. The van der Waals surface area contributed by atoms with Gasteiger partial charge in [0.15, 0.2) is 17.7 Å². The average Bonchev–Trinajstić information content (AvgIpc) is 3.91. The third-order valence-corrected chi connectivity index (χ3v) is 9.44. The molecule has 25 heteroatoms. The van der Waals surface area contributed by atoms with Gasteiger partial charge in [-0.25, -0.2) is 35.7 Å². The summed E-state index contributed by atoms with van der Waals surface area (Å²) in [6.07, 6.45) is -10.8. The van der Waals surface area contributed by atoms with E-state index in [9.17, 15) is 62.6 Å². The molecule has 0 spiro atoms. The zero-order valence-corrected chi connectivity index (χ0v) is 34.2. The lowest BCUT2D eigenvalue weighted by Crippen LogP contribution is -2.11. The molecule has 2 aromatic carbocycles. The summed E-state index contributed by atoms with van der Waals surface area (Å²) < 4.78 is 157. The minimum Gasteiger partial charge on any atom is -0.382 e. The highest BCUT2D eigenvalue weighted by Crippen LogP contribution is 2.34. The van der Waals surface area contributed by atoms with E-state index in [1.807, 2.05) is 22.6 Å². The number of hydrogen-bond donors (Lipinski definition) is 1. The molecule has 0 amide bonds. The molecule has 4 aromatic heterocycles. The van der Waals surface area contributed by atoms with Crippen LogP contribution in [0.1, 0.15) is 39.1 Å². The Labute approximate surface area is 353 Å². The molecule has 4 heterocycles. The summed E-state index contributed by atoms with van der Waals surface area (Å²) in [5.41, 5.74) is -1.65. The molecule has 0 bridgehead atoms. The Balaban J connectivity index is 0.000000211. The Morgan fingerprint density at radius 1 is 0.684 bits per heavy atom. The van der Waals surface area contributed by atoms with Crippen LogP contribution in [-0.2, 0) is 25.4 Å². The largest absolute Gasteiger partial charge is 0.435 e. The van der Waals surface area contributed by atoms with Crippen LogP contribution in [0.5, 0.6) is 0 Å². The highest BCUT2D eigenvalue weighted by Gasteiger charge is 2.37. The van der Waals surface area contributed by atoms with E-state index in [-0.39, 0.29) is 20.5 Å². The van der Waals surface area contributed by atoms with Crippen LogP contribution in [0, 0.1) is 22.5 Å². The van der Waals surface area contributed by atoms with E-state index in [0.29, 0.717) is 30.9 Å². The number of aldehydes is 1. The number of benzene rings is 2. The molecule has 0 saturated carbocycles. The molecular weight excluding hydrogens is 1140 g/mol. The van der Waals surface area contributed by atoms with Gasteiger partial charge in [0.25, 0.3) is 12.9 Å². The summed E-state index contributed by atoms with van der Waals surface area (Å²) in [5, 5.41) is 24.8. The second-order valence-corrected chi connectivity index (χ2v) is 14.5. The number of aliphatic hydroxyl groups excluding tert-OH is 1. The summed E-state index contributed by atoms with van der Waals surface area (Å²) in [5.74, 6) is -1.03. The number of rotatable bonds is 9. The van der Waals surface area contributed by atoms with Crippen molar-refractivity contribution >= 4 is 74.1 Å². The Kier molecular flexibility index (Phi) is 15.6. The first-order valence-corrected chi connectivity index (χ1v) is 18.5. The van der Waals surface area contributed by atoms with Crippen LogP contribution >= 0.6 is 67.8 Å². The van der Waals surface area contributed by atoms with Crippen molar-refractivity contribution in [3.63, 3.8) is 0 Å². The Morgan fingerprint density at radius 2 is 1.16 bits per heavy atom. The van der Waals surface area contributed by atoms with E-state index < -0.39 is 67.4 Å². The summed E-state index contributed by atoms with van der Waals surface area (Å²) >= 11 is 5.33. The number of nitrogens with zero attached hydrogens (tertiary/aromatic N) is 8. The van der Waals surface area contributed by atoms with Crippen molar-refractivity contribution in [2.45, 2.75) is 44.4 Å². The summed E-state index contributed by atoms with van der Waals surface area (Å²) in [6, 6.07) is 8.77. The van der Waals surface area contributed by atoms with E-state index in [4.69, 9.17) is 0 Å². The maximum Gasteiger partial charge on any atom is 0.435 e. The van der Waals surface area contributed by atoms with Crippen molar-refractivity contribution in [2.24, 2.45) is 0 Å². The predicted molar refractivity (Wildman–Crippen MR) is 201 cm³/mol. The molecule has 6 aromatic rings. The lowest BCUT2D eigenvalue weighted by molar-refractivity contribution is -0.142. The van der Waals surface area contributed by atoms with Gasteiger partial charge in [0.1, 0.15) is 34.5 Å². The number of carbonyl (C=O) groups is 1. The second kappa shape index (κ2) is 19.3. The Bertz CT molecular complexity index is 2290. The maximum atomic E-state index is 13.4. The summed E-state index contributed by atoms with van der Waals surface area (Å²) in [7, 11) is 0.